The molecule has 0 N–H and O–H groups in total. The molecule has 0 aromatic rings. The van der Waals surface area contributed by atoms with Gasteiger partial charge in [-0.1, -0.05) is 12.8 Å². The predicted octanol–water partition coefficient (Wildman–Crippen LogP) is 2.37. The first-order valence-electron chi connectivity index (χ1n) is 6.21. The second-order valence-electron chi connectivity index (χ2n) is 5.75. The number of hydrogen-bond donors (Lipinski definition) is 0. The zero-order valence-corrected chi connectivity index (χ0v) is 11.6. The third-order valence-corrected chi connectivity index (χ3v) is 3.29. The Bertz CT molecular complexity index is 381. The van der Waals surface area contributed by atoms with Gasteiger partial charge in [0.05, 0.1) is 0 Å². The summed E-state index contributed by atoms with van der Waals surface area (Å²) in [5.41, 5.74) is -1.44. The number of hydrogen-bond acceptors (Lipinski definition) is 3. The third kappa shape index (κ3) is 2.84. The number of ether oxygens (including phenoxy) is 1. The summed E-state index contributed by atoms with van der Waals surface area (Å²) in [7, 11) is 1.59. The maximum absolute atomic E-state index is 12.1. The van der Waals surface area contributed by atoms with Crippen LogP contribution in [0.4, 0.5) is 4.79 Å². The van der Waals surface area contributed by atoms with Crippen molar-refractivity contribution in [3.63, 3.8) is 0 Å². The van der Waals surface area contributed by atoms with E-state index in [4.69, 9.17) is 11.2 Å². The molecule has 1 rings (SSSR count). The summed E-state index contributed by atoms with van der Waals surface area (Å²) in [6.45, 7) is 5.38. The summed E-state index contributed by atoms with van der Waals surface area (Å²) in [5, 5.41) is 0. The molecule has 1 fully saturated rings. The van der Waals surface area contributed by atoms with Crippen LogP contribution in [-0.4, -0.2) is 35.0 Å². The van der Waals surface area contributed by atoms with Crippen molar-refractivity contribution >= 4 is 11.9 Å². The average Bonchev–Trinajstić information content (AvgIpc) is 2.74. The van der Waals surface area contributed by atoms with Gasteiger partial charge in [-0.05, 0) is 39.5 Å². The Morgan fingerprint density at radius 1 is 1.28 bits per heavy atom. The van der Waals surface area contributed by atoms with Gasteiger partial charge in [-0.15, -0.1) is 6.42 Å². The van der Waals surface area contributed by atoms with Crippen molar-refractivity contribution in [3.8, 4) is 12.3 Å². The molecule has 1 amide bonds. The van der Waals surface area contributed by atoms with Crippen LogP contribution in [0.15, 0.2) is 0 Å². The number of likely N-dealkylation sites (N-methyl/N-ethyl adjacent to an activating group) is 1. The van der Waals surface area contributed by atoms with E-state index in [1.54, 1.807) is 27.8 Å². The summed E-state index contributed by atoms with van der Waals surface area (Å²) in [6, 6.07) is 0. The maximum Gasteiger partial charge on any atom is 0.410 e. The Balaban J connectivity index is 2.91. The Morgan fingerprint density at radius 2 is 1.78 bits per heavy atom. The van der Waals surface area contributed by atoms with E-state index in [1.807, 2.05) is 0 Å². The third-order valence-electron chi connectivity index (χ3n) is 3.29. The number of amides is 1. The molecule has 4 nitrogen and oxygen atoms in total. The van der Waals surface area contributed by atoms with Gasteiger partial charge in [-0.25, -0.2) is 4.79 Å². The number of carbonyl (C=O) groups excluding carboxylic acids is 2. The summed E-state index contributed by atoms with van der Waals surface area (Å²) in [4.78, 5) is 25.4. The first-order valence-corrected chi connectivity index (χ1v) is 6.21. The fourth-order valence-electron chi connectivity index (χ4n) is 2.31. The van der Waals surface area contributed by atoms with E-state index in [0.29, 0.717) is 12.8 Å². The zero-order chi connectivity index (χ0) is 14.0. The molecule has 4 heteroatoms. The van der Waals surface area contributed by atoms with E-state index in [1.165, 1.54) is 4.90 Å². The number of Topliss-reactive ketones (excluding diaryl/α,β-unsaturated/α-hetero) is 1. The molecule has 0 atom stereocenters. The lowest BCUT2D eigenvalue weighted by molar-refractivity contribution is -0.124. The Morgan fingerprint density at radius 3 is 2.17 bits per heavy atom. The minimum absolute atomic E-state index is 0.326. The van der Waals surface area contributed by atoms with Crippen molar-refractivity contribution < 1.29 is 14.3 Å². The number of terminal acetylenes is 1. The Hall–Kier alpha value is -1.50. The van der Waals surface area contributed by atoms with Crippen LogP contribution >= 0.6 is 0 Å². The second kappa shape index (κ2) is 5.01. The minimum Gasteiger partial charge on any atom is -0.444 e. The van der Waals surface area contributed by atoms with Crippen LogP contribution in [0, 0.1) is 12.3 Å². The normalized spacial score (nSPS) is 17.9. The summed E-state index contributed by atoms with van der Waals surface area (Å²) < 4.78 is 5.30. The van der Waals surface area contributed by atoms with Gasteiger partial charge in [0.2, 0.25) is 5.78 Å². The number of ketones is 1. The SMILES string of the molecule is C#CC(=O)C1(N(C)C(=O)OC(C)(C)C)CCCC1. The lowest BCUT2D eigenvalue weighted by atomic mass is 9.91. The highest BCUT2D eigenvalue weighted by Crippen LogP contribution is 2.36. The van der Waals surface area contributed by atoms with Gasteiger partial charge in [-0.2, -0.15) is 0 Å². The average molecular weight is 251 g/mol. The van der Waals surface area contributed by atoms with Gasteiger partial charge in [-0.3, -0.25) is 9.69 Å². The van der Waals surface area contributed by atoms with E-state index >= 15 is 0 Å². The molecule has 0 bridgehead atoms. The molecule has 0 saturated heterocycles. The summed E-state index contributed by atoms with van der Waals surface area (Å²) in [5.74, 6) is 1.83. The highest BCUT2D eigenvalue weighted by Gasteiger charge is 2.46. The van der Waals surface area contributed by atoms with Gasteiger partial charge in [0.25, 0.3) is 0 Å². The highest BCUT2D eigenvalue weighted by molar-refractivity contribution is 6.04. The van der Waals surface area contributed by atoms with Crippen molar-refractivity contribution in [2.75, 3.05) is 7.05 Å². The van der Waals surface area contributed by atoms with E-state index in [0.717, 1.165) is 12.8 Å². The Kier molecular flexibility index (Phi) is 4.05. The van der Waals surface area contributed by atoms with Crippen molar-refractivity contribution in [2.45, 2.75) is 57.6 Å². The first kappa shape index (κ1) is 14.6. The zero-order valence-electron chi connectivity index (χ0n) is 11.6. The molecular weight excluding hydrogens is 230 g/mol. The molecule has 0 spiro atoms. The molecule has 0 aromatic heterocycles. The van der Waals surface area contributed by atoms with Gasteiger partial charge >= 0.3 is 6.09 Å². The lowest BCUT2D eigenvalue weighted by Crippen LogP contribution is -2.54. The molecule has 18 heavy (non-hydrogen) atoms. The molecule has 0 radical (unpaired) electrons. The smallest absolute Gasteiger partial charge is 0.410 e. The van der Waals surface area contributed by atoms with Crippen LogP contribution in [-0.2, 0) is 9.53 Å². The fraction of sp³-hybridized carbons (Fsp3) is 0.714. The lowest BCUT2D eigenvalue weighted by Gasteiger charge is -2.36. The number of nitrogens with zero attached hydrogens (tertiary/aromatic N) is 1. The van der Waals surface area contributed by atoms with Gasteiger partial charge < -0.3 is 4.74 Å². The van der Waals surface area contributed by atoms with Crippen LogP contribution in [0.25, 0.3) is 0 Å². The largest absolute Gasteiger partial charge is 0.444 e. The van der Waals surface area contributed by atoms with Crippen molar-refractivity contribution in [1.29, 1.82) is 0 Å². The standard InChI is InChI=1S/C14H21NO3/c1-6-11(16)14(9-7-8-10-14)15(5)12(17)18-13(2,3)4/h1H,7-10H2,2-5H3. The number of carbonyl (C=O) groups is 2. The molecule has 0 aliphatic heterocycles. The molecular formula is C14H21NO3. The monoisotopic (exact) mass is 251 g/mol. The topological polar surface area (TPSA) is 46.6 Å². The van der Waals surface area contributed by atoms with Crippen molar-refractivity contribution in [2.24, 2.45) is 0 Å². The maximum atomic E-state index is 12.1. The molecule has 100 valence electrons. The van der Waals surface area contributed by atoms with E-state index in [-0.39, 0.29) is 5.78 Å². The summed E-state index contributed by atoms with van der Waals surface area (Å²) in [6.07, 6.45) is 7.77. The van der Waals surface area contributed by atoms with E-state index < -0.39 is 17.2 Å². The van der Waals surface area contributed by atoms with Crippen LogP contribution in [0.1, 0.15) is 46.5 Å². The van der Waals surface area contributed by atoms with Crippen molar-refractivity contribution in [1.82, 2.24) is 4.90 Å². The van der Waals surface area contributed by atoms with E-state index in [2.05, 4.69) is 5.92 Å². The molecule has 0 heterocycles. The molecule has 1 aliphatic rings. The van der Waals surface area contributed by atoms with Crippen LogP contribution in [0.2, 0.25) is 0 Å². The molecule has 1 aliphatic carbocycles. The Labute approximate surface area is 109 Å². The van der Waals surface area contributed by atoms with Gasteiger partial charge in [0.1, 0.15) is 11.1 Å². The molecule has 1 saturated carbocycles. The number of rotatable bonds is 2. The van der Waals surface area contributed by atoms with Gasteiger partial charge in [0.15, 0.2) is 0 Å². The molecule has 0 aromatic carbocycles. The second-order valence-corrected chi connectivity index (χ2v) is 5.75. The van der Waals surface area contributed by atoms with Crippen molar-refractivity contribution in [3.05, 3.63) is 0 Å². The first-order chi connectivity index (χ1) is 8.23. The van der Waals surface area contributed by atoms with Gasteiger partial charge in [0, 0.05) is 7.05 Å². The van der Waals surface area contributed by atoms with Crippen LogP contribution in [0.5, 0.6) is 0 Å². The minimum atomic E-state index is -0.864. The molecule has 0 unspecified atom stereocenters. The van der Waals surface area contributed by atoms with Crippen LogP contribution in [0.3, 0.4) is 0 Å². The quantitative estimate of drug-likeness (QED) is 0.559. The highest BCUT2D eigenvalue weighted by atomic mass is 16.6. The fourth-order valence-corrected chi connectivity index (χ4v) is 2.31. The van der Waals surface area contributed by atoms with Crippen LogP contribution < -0.4 is 0 Å². The van der Waals surface area contributed by atoms with E-state index in [9.17, 15) is 9.59 Å². The predicted molar refractivity (Wildman–Crippen MR) is 69.0 cm³/mol. The summed E-state index contributed by atoms with van der Waals surface area (Å²) >= 11 is 0.